The third-order valence-corrected chi connectivity index (χ3v) is 5.26. The number of esters is 1. The summed E-state index contributed by atoms with van der Waals surface area (Å²) in [5.41, 5.74) is 2.64. The fraction of sp³-hybridized carbons (Fsp3) is 0.458. The van der Waals surface area contributed by atoms with E-state index in [1.54, 1.807) is 0 Å². The van der Waals surface area contributed by atoms with Crippen LogP contribution in [0.4, 0.5) is 0 Å². The first-order valence-corrected chi connectivity index (χ1v) is 10.4. The molecular weight excluding hydrogens is 350 g/mol. The summed E-state index contributed by atoms with van der Waals surface area (Å²) in [5.74, 6) is 0.969. The molecular formula is C24H31NO3. The number of benzene rings is 2. The lowest BCUT2D eigenvalue weighted by molar-refractivity contribution is -0.149. The predicted molar refractivity (Wildman–Crippen MR) is 111 cm³/mol. The monoisotopic (exact) mass is 381 g/mol. The van der Waals surface area contributed by atoms with Crippen LogP contribution in [0.25, 0.3) is 0 Å². The third kappa shape index (κ3) is 6.38. The number of aryl methyl sites for hydroxylation is 1. The number of carbonyl (C=O) groups excluding carboxylic acids is 1. The molecule has 0 bridgehead atoms. The quantitative estimate of drug-likeness (QED) is 0.474. The van der Waals surface area contributed by atoms with Crippen molar-refractivity contribution in [2.45, 2.75) is 39.2 Å². The number of piperidine rings is 1. The zero-order valence-corrected chi connectivity index (χ0v) is 16.8. The summed E-state index contributed by atoms with van der Waals surface area (Å²) in [6.45, 7) is 5.88. The largest absolute Gasteiger partial charge is 0.494 e. The SMILES string of the molecule is CCOC(=O)C1CCN(Cc2ccc(OCCCc3ccccc3)cc2)CC1. The van der Waals surface area contributed by atoms with Crippen LogP contribution in [0.5, 0.6) is 5.75 Å². The fourth-order valence-electron chi connectivity index (χ4n) is 3.65. The Morgan fingerprint density at radius 2 is 1.71 bits per heavy atom. The van der Waals surface area contributed by atoms with Crippen LogP contribution in [-0.2, 0) is 22.5 Å². The lowest BCUT2D eigenvalue weighted by Gasteiger charge is -2.30. The molecule has 2 aromatic rings. The Bertz CT molecular complexity index is 706. The molecule has 1 aliphatic heterocycles. The third-order valence-electron chi connectivity index (χ3n) is 5.26. The normalized spacial score (nSPS) is 15.3. The molecule has 0 N–H and O–H groups in total. The summed E-state index contributed by atoms with van der Waals surface area (Å²) >= 11 is 0. The standard InChI is InChI=1S/C24H31NO3/c1-2-27-24(26)22-14-16-25(17-15-22)19-21-10-12-23(13-11-21)28-18-6-9-20-7-4-3-5-8-20/h3-5,7-8,10-13,22H,2,6,9,14-19H2,1H3. The first-order valence-electron chi connectivity index (χ1n) is 10.4. The molecule has 4 nitrogen and oxygen atoms in total. The van der Waals surface area contributed by atoms with Crippen molar-refractivity contribution in [3.05, 3.63) is 65.7 Å². The zero-order valence-electron chi connectivity index (χ0n) is 16.8. The Balaban J connectivity index is 1.36. The minimum atomic E-state index is -0.0316. The Hall–Kier alpha value is -2.33. The van der Waals surface area contributed by atoms with E-state index >= 15 is 0 Å². The number of nitrogens with zero attached hydrogens (tertiary/aromatic N) is 1. The van der Waals surface area contributed by atoms with Crippen LogP contribution >= 0.6 is 0 Å². The maximum atomic E-state index is 11.8. The van der Waals surface area contributed by atoms with Crippen LogP contribution in [-0.4, -0.2) is 37.2 Å². The Morgan fingerprint density at radius 3 is 2.39 bits per heavy atom. The molecule has 3 rings (SSSR count). The van der Waals surface area contributed by atoms with Crippen molar-refractivity contribution in [2.24, 2.45) is 5.92 Å². The zero-order chi connectivity index (χ0) is 19.6. The van der Waals surface area contributed by atoms with E-state index in [-0.39, 0.29) is 11.9 Å². The molecule has 0 atom stereocenters. The van der Waals surface area contributed by atoms with Gasteiger partial charge in [0.15, 0.2) is 0 Å². The second-order valence-electron chi connectivity index (χ2n) is 7.38. The molecule has 1 heterocycles. The number of carbonyl (C=O) groups is 1. The van der Waals surface area contributed by atoms with Gasteiger partial charge in [-0.25, -0.2) is 0 Å². The van der Waals surface area contributed by atoms with Crippen molar-refractivity contribution in [3.63, 3.8) is 0 Å². The van der Waals surface area contributed by atoms with Gasteiger partial charge >= 0.3 is 5.97 Å². The van der Waals surface area contributed by atoms with Crippen molar-refractivity contribution in [1.29, 1.82) is 0 Å². The fourth-order valence-corrected chi connectivity index (χ4v) is 3.65. The number of hydrogen-bond donors (Lipinski definition) is 0. The molecule has 0 radical (unpaired) electrons. The van der Waals surface area contributed by atoms with Gasteiger partial charge in [0.2, 0.25) is 0 Å². The van der Waals surface area contributed by atoms with E-state index in [0.29, 0.717) is 6.61 Å². The molecule has 0 unspecified atom stereocenters. The predicted octanol–water partition coefficient (Wildman–Crippen LogP) is 4.47. The molecule has 0 spiro atoms. The first-order chi connectivity index (χ1) is 13.7. The van der Waals surface area contributed by atoms with Crippen LogP contribution in [0, 0.1) is 5.92 Å². The number of likely N-dealkylation sites (tertiary alicyclic amines) is 1. The van der Waals surface area contributed by atoms with E-state index in [1.165, 1.54) is 11.1 Å². The highest BCUT2D eigenvalue weighted by molar-refractivity contribution is 5.72. The molecule has 1 fully saturated rings. The number of ether oxygens (including phenoxy) is 2. The van der Waals surface area contributed by atoms with E-state index in [0.717, 1.165) is 57.7 Å². The number of rotatable bonds is 9. The van der Waals surface area contributed by atoms with Crippen LogP contribution in [0.2, 0.25) is 0 Å². The van der Waals surface area contributed by atoms with Gasteiger partial charge in [-0.15, -0.1) is 0 Å². The highest BCUT2D eigenvalue weighted by Crippen LogP contribution is 2.21. The topological polar surface area (TPSA) is 38.8 Å². The van der Waals surface area contributed by atoms with E-state index in [4.69, 9.17) is 9.47 Å². The van der Waals surface area contributed by atoms with E-state index in [1.807, 2.05) is 13.0 Å². The lowest BCUT2D eigenvalue weighted by atomic mass is 9.96. The lowest BCUT2D eigenvalue weighted by Crippen LogP contribution is -2.36. The van der Waals surface area contributed by atoms with Crippen molar-refractivity contribution in [2.75, 3.05) is 26.3 Å². The van der Waals surface area contributed by atoms with Gasteiger partial charge in [0, 0.05) is 6.54 Å². The maximum absolute atomic E-state index is 11.8. The molecule has 4 heteroatoms. The molecule has 150 valence electrons. The second kappa shape index (κ2) is 10.9. The van der Waals surface area contributed by atoms with Gasteiger partial charge in [-0.2, -0.15) is 0 Å². The van der Waals surface area contributed by atoms with Crippen molar-refractivity contribution in [1.82, 2.24) is 4.90 Å². The van der Waals surface area contributed by atoms with Crippen LogP contribution in [0.1, 0.15) is 37.3 Å². The van der Waals surface area contributed by atoms with E-state index in [9.17, 15) is 4.79 Å². The molecule has 28 heavy (non-hydrogen) atoms. The van der Waals surface area contributed by atoms with Crippen LogP contribution in [0.15, 0.2) is 54.6 Å². The molecule has 0 saturated carbocycles. The summed E-state index contributed by atoms with van der Waals surface area (Å²) in [4.78, 5) is 14.2. The smallest absolute Gasteiger partial charge is 0.309 e. The summed E-state index contributed by atoms with van der Waals surface area (Å²) in [5, 5.41) is 0. The van der Waals surface area contributed by atoms with Gasteiger partial charge in [-0.1, -0.05) is 42.5 Å². The maximum Gasteiger partial charge on any atom is 0.309 e. The molecule has 0 amide bonds. The molecule has 1 aliphatic rings. The van der Waals surface area contributed by atoms with Gasteiger partial charge < -0.3 is 9.47 Å². The minimum absolute atomic E-state index is 0.0316. The molecule has 1 saturated heterocycles. The number of hydrogen-bond acceptors (Lipinski definition) is 4. The van der Waals surface area contributed by atoms with Gasteiger partial charge in [0.25, 0.3) is 0 Å². The van der Waals surface area contributed by atoms with Gasteiger partial charge in [-0.05, 0) is 69.0 Å². The van der Waals surface area contributed by atoms with Crippen molar-refractivity contribution < 1.29 is 14.3 Å². The second-order valence-corrected chi connectivity index (χ2v) is 7.38. The summed E-state index contributed by atoms with van der Waals surface area (Å²) in [7, 11) is 0. The van der Waals surface area contributed by atoms with Crippen LogP contribution < -0.4 is 4.74 Å². The van der Waals surface area contributed by atoms with Crippen molar-refractivity contribution >= 4 is 5.97 Å². The van der Waals surface area contributed by atoms with Gasteiger partial charge in [0.05, 0.1) is 19.1 Å². The van der Waals surface area contributed by atoms with Gasteiger partial charge in [0.1, 0.15) is 5.75 Å². The van der Waals surface area contributed by atoms with E-state index < -0.39 is 0 Å². The average molecular weight is 382 g/mol. The molecule has 0 aliphatic carbocycles. The Morgan fingerprint density at radius 1 is 1.00 bits per heavy atom. The first kappa shape index (κ1) is 20.4. The highest BCUT2D eigenvalue weighted by Gasteiger charge is 2.25. The summed E-state index contributed by atoms with van der Waals surface area (Å²) in [6, 6.07) is 18.9. The molecule has 0 aromatic heterocycles. The van der Waals surface area contributed by atoms with E-state index in [2.05, 4.69) is 53.4 Å². The Labute approximate surface area is 168 Å². The minimum Gasteiger partial charge on any atom is -0.494 e. The highest BCUT2D eigenvalue weighted by atomic mass is 16.5. The summed E-state index contributed by atoms with van der Waals surface area (Å²) < 4.78 is 11.0. The van der Waals surface area contributed by atoms with Crippen molar-refractivity contribution in [3.8, 4) is 5.75 Å². The Kier molecular flexibility index (Phi) is 7.92. The van der Waals surface area contributed by atoms with Crippen LogP contribution in [0.3, 0.4) is 0 Å². The average Bonchev–Trinajstić information content (AvgIpc) is 2.74. The van der Waals surface area contributed by atoms with Gasteiger partial charge in [-0.3, -0.25) is 9.69 Å². The summed E-state index contributed by atoms with van der Waals surface area (Å²) in [6.07, 6.45) is 3.84. The molecule has 2 aromatic carbocycles.